The Hall–Kier alpha value is -2.42. The molecule has 1 N–H and O–H groups in total. The first-order valence-electron chi connectivity index (χ1n) is 6.23. The number of aryl methyl sites for hydroxylation is 1. The molecule has 0 spiro atoms. The molecular weight excluding hydrogens is 236 g/mol. The summed E-state index contributed by atoms with van der Waals surface area (Å²) >= 11 is 0. The van der Waals surface area contributed by atoms with Gasteiger partial charge in [-0.2, -0.15) is 10.2 Å². The topological polar surface area (TPSA) is 45.0 Å². The maximum Gasteiger partial charge on any atom is 0.124 e. The lowest BCUT2D eigenvalue weighted by Crippen LogP contribution is -1.85. The maximum atomic E-state index is 9.52. The summed E-state index contributed by atoms with van der Waals surface area (Å²) in [5.74, 6) is 0.214. The zero-order valence-electron chi connectivity index (χ0n) is 10.6. The number of nitrogens with zero attached hydrogens (tertiary/aromatic N) is 2. The summed E-state index contributed by atoms with van der Waals surface area (Å²) in [5.41, 5.74) is 1.96. The molecule has 0 bridgehead atoms. The first-order valence-corrected chi connectivity index (χ1v) is 6.23. The summed E-state index contributed by atoms with van der Waals surface area (Å²) in [6, 6.07) is 17.3. The van der Waals surface area contributed by atoms with Gasteiger partial charge in [0.2, 0.25) is 0 Å². The van der Waals surface area contributed by atoms with Crippen molar-refractivity contribution in [3.8, 4) is 5.75 Å². The first-order chi connectivity index (χ1) is 9.36. The van der Waals surface area contributed by atoms with E-state index in [4.69, 9.17) is 0 Å². The third kappa shape index (κ3) is 4.39. The van der Waals surface area contributed by atoms with Gasteiger partial charge in [0, 0.05) is 11.8 Å². The standard InChI is InChI=1S/C16H16N2O/c19-16-11-5-4-10-15(16)13-18-17-12-6-9-14-7-2-1-3-8-14/h1-5,7-8,10-13,19H,6,9H2/b17-12-,18-13+. The number of para-hydroxylation sites is 1. The molecule has 3 heteroatoms. The number of aromatic hydroxyl groups is 1. The maximum absolute atomic E-state index is 9.52. The Morgan fingerprint density at radius 2 is 1.63 bits per heavy atom. The zero-order chi connectivity index (χ0) is 13.3. The molecule has 0 aromatic heterocycles. The molecule has 0 aliphatic heterocycles. The van der Waals surface area contributed by atoms with Crippen LogP contribution in [0.5, 0.6) is 5.75 Å². The van der Waals surface area contributed by atoms with Crippen molar-refractivity contribution in [2.45, 2.75) is 12.8 Å². The largest absolute Gasteiger partial charge is 0.507 e. The molecule has 2 aromatic rings. The molecule has 0 aliphatic rings. The summed E-state index contributed by atoms with van der Waals surface area (Å²) in [6.07, 6.45) is 5.14. The molecule has 0 amide bonds. The van der Waals surface area contributed by atoms with Crippen LogP contribution in [0.15, 0.2) is 64.8 Å². The third-order valence-electron chi connectivity index (χ3n) is 2.69. The Bertz CT molecular complexity index is 562. The molecule has 2 rings (SSSR count). The number of phenols is 1. The molecule has 0 atom stereocenters. The molecule has 3 nitrogen and oxygen atoms in total. The minimum Gasteiger partial charge on any atom is -0.507 e. The highest BCUT2D eigenvalue weighted by Gasteiger charge is 1.93. The van der Waals surface area contributed by atoms with Gasteiger partial charge in [-0.1, -0.05) is 42.5 Å². The third-order valence-corrected chi connectivity index (χ3v) is 2.69. The van der Waals surface area contributed by atoms with E-state index in [9.17, 15) is 5.11 Å². The van der Waals surface area contributed by atoms with Crippen LogP contribution in [0.2, 0.25) is 0 Å². The van der Waals surface area contributed by atoms with Crippen molar-refractivity contribution in [1.82, 2.24) is 0 Å². The molecular formula is C16H16N2O. The van der Waals surface area contributed by atoms with Gasteiger partial charge in [-0.15, -0.1) is 0 Å². The van der Waals surface area contributed by atoms with Crippen molar-refractivity contribution in [1.29, 1.82) is 0 Å². The molecule has 0 heterocycles. The highest BCUT2D eigenvalue weighted by Crippen LogP contribution is 2.12. The summed E-state index contributed by atoms with van der Waals surface area (Å²) < 4.78 is 0. The smallest absolute Gasteiger partial charge is 0.124 e. The summed E-state index contributed by atoms with van der Waals surface area (Å²) in [4.78, 5) is 0. The average molecular weight is 252 g/mol. The van der Waals surface area contributed by atoms with Gasteiger partial charge in [-0.3, -0.25) is 0 Å². The van der Waals surface area contributed by atoms with E-state index < -0.39 is 0 Å². The summed E-state index contributed by atoms with van der Waals surface area (Å²) in [5, 5.41) is 17.4. The Labute approximate surface area is 113 Å². The van der Waals surface area contributed by atoms with E-state index in [2.05, 4.69) is 22.3 Å². The molecule has 0 fully saturated rings. The Balaban J connectivity index is 1.79. The van der Waals surface area contributed by atoms with Crippen LogP contribution in [-0.2, 0) is 6.42 Å². The molecule has 0 radical (unpaired) electrons. The molecule has 2 aromatic carbocycles. The van der Waals surface area contributed by atoms with Gasteiger partial charge in [-0.05, 0) is 30.5 Å². The number of hydrogen-bond donors (Lipinski definition) is 1. The first kappa shape index (κ1) is 13.0. The van der Waals surface area contributed by atoms with Gasteiger partial charge in [0.1, 0.15) is 5.75 Å². The van der Waals surface area contributed by atoms with Crippen LogP contribution in [0, 0.1) is 0 Å². The van der Waals surface area contributed by atoms with Gasteiger partial charge >= 0.3 is 0 Å². The lowest BCUT2D eigenvalue weighted by molar-refractivity contribution is 0.474. The van der Waals surface area contributed by atoms with Crippen LogP contribution in [-0.4, -0.2) is 17.5 Å². The van der Waals surface area contributed by atoms with E-state index in [1.807, 2.05) is 24.3 Å². The van der Waals surface area contributed by atoms with E-state index in [1.165, 1.54) is 5.56 Å². The van der Waals surface area contributed by atoms with Crippen molar-refractivity contribution in [3.63, 3.8) is 0 Å². The lowest BCUT2D eigenvalue weighted by Gasteiger charge is -1.95. The van der Waals surface area contributed by atoms with Gasteiger partial charge in [0.15, 0.2) is 0 Å². The minimum atomic E-state index is 0.214. The number of benzene rings is 2. The van der Waals surface area contributed by atoms with Crippen LogP contribution in [0.25, 0.3) is 0 Å². The van der Waals surface area contributed by atoms with Gasteiger partial charge in [-0.25, -0.2) is 0 Å². The van der Waals surface area contributed by atoms with Crippen LogP contribution >= 0.6 is 0 Å². The Kier molecular flexibility index (Phi) is 4.87. The quantitative estimate of drug-likeness (QED) is 0.643. The van der Waals surface area contributed by atoms with Crippen molar-refractivity contribution >= 4 is 12.4 Å². The second-order valence-corrected chi connectivity index (χ2v) is 4.13. The van der Waals surface area contributed by atoms with Crippen LogP contribution < -0.4 is 0 Å². The number of rotatable bonds is 5. The lowest BCUT2D eigenvalue weighted by atomic mass is 10.1. The van der Waals surface area contributed by atoms with E-state index >= 15 is 0 Å². The molecule has 19 heavy (non-hydrogen) atoms. The Morgan fingerprint density at radius 3 is 2.42 bits per heavy atom. The van der Waals surface area contributed by atoms with E-state index in [1.54, 1.807) is 30.6 Å². The molecule has 96 valence electrons. The Morgan fingerprint density at radius 1 is 0.895 bits per heavy atom. The highest BCUT2D eigenvalue weighted by molar-refractivity contribution is 5.83. The number of phenolic OH excluding ortho intramolecular Hbond substituents is 1. The second kappa shape index (κ2) is 7.11. The van der Waals surface area contributed by atoms with Crippen molar-refractivity contribution < 1.29 is 5.11 Å². The molecule has 0 aliphatic carbocycles. The van der Waals surface area contributed by atoms with E-state index in [-0.39, 0.29) is 5.75 Å². The fourth-order valence-electron chi connectivity index (χ4n) is 1.67. The second-order valence-electron chi connectivity index (χ2n) is 4.13. The van der Waals surface area contributed by atoms with Crippen molar-refractivity contribution in [3.05, 3.63) is 65.7 Å². The van der Waals surface area contributed by atoms with Crippen molar-refractivity contribution in [2.75, 3.05) is 0 Å². The molecule has 0 saturated heterocycles. The fourth-order valence-corrected chi connectivity index (χ4v) is 1.67. The monoisotopic (exact) mass is 252 g/mol. The predicted molar refractivity (Wildman–Crippen MR) is 79.0 cm³/mol. The van der Waals surface area contributed by atoms with Gasteiger partial charge in [0.25, 0.3) is 0 Å². The molecule has 0 saturated carbocycles. The van der Waals surface area contributed by atoms with Gasteiger partial charge < -0.3 is 5.11 Å². The van der Waals surface area contributed by atoms with Gasteiger partial charge in [0.05, 0.1) is 6.21 Å². The summed E-state index contributed by atoms with van der Waals surface area (Å²) in [6.45, 7) is 0. The normalized spacial score (nSPS) is 11.4. The average Bonchev–Trinajstić information content (AvgIpc) is 2.45. The van der Waals surface area contributed by atoms with E-state index in [0.717, 1.165) is 12.8 Å². The zero-order valence-corrected chi connectivity index (χ0v) is 10.6. The van der Waals surface area contributed by atoms with Crippen molar-refractivity contribution in [2.24, 2.45) is 10.2 Å². The van der Waals surface area contributed by atoms with Crippen LogP contribution in [0.4, 0.5) is 0 Å². The number of hydrogen-bond acceptors (Lipinski definition) is 3. The highest BCUT2D eigenvalue weighted by atomic mass is 16.3. The summed E-state index contributed by atoms with van der Waals surface area (Å²) in [7, 11) is 0. The predicted octanol–water partition coefficient (Wildman–Crippen LogP) is 3.43. The van der Waals surface area contributed by atoms with Crippen LogP contribution in [0.1, 0.15) is 17.5 Å². The molecule has 0 unspecified atom stereocenters. The minimum absolute atomic E-state index is 0.214. The van der Waals surface area contributed by atoms with Crippen LogP contribution in [0.3, 0.4) is 0 Å². The fraction of sp³-hybridized carbons (Fsp3) is 0.125. The SMILES string of the molecule is Oc1ccccc1/C=N/N=C\CCc1ccccc1. The van der Waals surface area contributed by atoms with E-state index in [0.29, 0.717) is 5.56 Å².